The number of likely N-dealkylation sites (N-methyl/N-ethyl adjacent to an activating group) is 1. The highest BCUT2D eigenvalue weighted by molar-refractivity contribution is 5.84. The van der Waals surface area contributed by atoms with Crippen LogP contribution < -0.4 is 5.32 Å². The number of hydrogen-bond acceptors (Lipinski definition) is 5. The molecule has 86 valence electrons. The molecule has 0 fully saturated rings. The van der Waals surface area contributed by atoms with Gasteiger partial charge in [0.2, 0.25) is 0 Å². The Morgan fingerprint density at radius 2 is 2.38 bits per heavy atom. The molecular formula is C10H13N3O3. The molecule has 0 amide bonds. The van der Waals surface area contributed by atoms with Crippen molar-refractivity contribution in [2.45, 2.75) is 0 Å². The lowest BCUT2D eigenvalue weighted by atomic mass is 10.2. The van der Waals surface area contributed by atoms with Gasteiger partial charge >= 0.3 is 0 Å². The second-order valence-electron chi connectivity index (χ2n) is 3.14. The fourth-order valence-corrected chi connectivity index (χ4v) is 1.10. The van der Waals surface area contributed by atoms with E-state index < -0.39 is 4.92 Å². The Labute approximate surface area is 92.8 Å². The summed E-state index contributed by atoms with van der Waals surface area (Å²) < 4.78 is 0. The first-order valence-corrected chi connectivity index (χ1v) is 4.77. The van der Waals surface area contributed by atoms with E-state index in [1.165, 1.54) is 24.4 Å². The van der Waals surface area contributed by atoms with Crippen LogP contribution in [0.3, 0.4) is 0 Å². The van der Waals surface area contributed by atoms with Crippen molar-refractivity contribution in [2.24, 2.45) is 4.99 Å². The van der Waals surface area contributed by atoms with Crippen LogP contribution in [0.15, 0.2) is 23.2 Å². The zero-order chi connectivity index (χ0) is 12.0. The van der Waals surface area contributed by atoms with E-state index >= 15 is 0 Å². The highest BCUT2D eigenvalue weighted by atomic mass is 16.6. The van der Waals surface area contributed by atoms with Crippen molar-refractivity contribution in [1.29, 1.82) is 0 Å². The molecule has 0 aliphatic carbocycles. The molecule has 16 heavy (non-hydrogen) atoms. The number of nitro benzene ring substituents is 1. The number of nitrogens with one attached hydrogen (secondary N) is 1. The molecule has 2 N–H and O–H groups in total. The zero-order valence-corrected chi connectivity index (χ0v) is 8.88. The van der Waals surface area contributed by atoms with Crippen molar-refractivity contribution in [1.82, 2.24) is 5.32 Å². The van der Waals surface area contributed by atoms with Gasteiger partial charge in [0, 0.05) is 30.5 Å². The van der Waals surface area contributed by atoms with Crippen LogP contribution >= 0.6 is 0 Å². The minimum atomic E-state index is -0.510. The van der Waals surface area contributed by atoms with Gasteiger partial charge in [-0.1, -0.05) is 0 Å². The van der Waals surface area contributed by atoms with E-state index in [2.05, 4.69) is 10.3 Å². The van der Waals surface area contributed by atoms with E-state index in [4.69, 9.17) is 0 Å². The van der Waals surface area contributed by atoms with Gasteiger partial charge in [-0.3, -0.25) is 15.1 Å². The van der Waals surface area contributed by atoms with Crippen molar-refractivity contribution in [3.8, 4) is 5.75 Å². The van der Waals surface area contributed by atoms with E-state index in [1.807, 2.05) is 0 Å². The molecule has 0 saturated carbocycles. The standard InChI is InChI=1S/C10H13N3O3/c1-11-4-5-12-7-8-6-9(13(15)16)2-3-10(8)14/h2-3,6-7,11,14H,4-5H2,1H3. The molecule has 0 aliphatic rings. The van der Waals surface area contributed by atoms with Gasteiger partial charge in [-0.2, -0.15) is 0 Å². The van der Waals surface area contributed by atoms with Gasteiger partial charge in [-0.15, -0.1) is 0 Å². The number of aromatic hydroxyl groups is 1. The molecule has 1 aromatic carbocycles. The summed E-state index contributed by atoms with van der Waals surface area (Å²) in [7, 11) is 1.81. The molecule has 0 aliphatic heterocycles. The average Bonchev–Trinajstić information content (AvgIpc) is 2.26. The maximum Gasteiger partial charge on any atom is 0.270 e. The Balaban J connectivity index is 2.82. The minimum Gasteiger partial charge on any atom is -0.507 e. The number of rotatable bonds is 5. The maximum atomic E-state index is 10.5. The lowest BCUT2D eigenvalue weighted by Crippen LogP contribution is -2.10. The number of phenols is 1. The first-order chi connectivity index (χ1) is 7.65. The summed E-state index contributed by atoms with van der Waals surface area (Å²) in [6.07, 6.45) is 1.43. The van der Waals surface area contributed by atoms with Gasteiger partial charge in [0.05, 0.1) is 11.5 Å². The van der Waals surface area contributed by atoms with Crippen molar-refractivity contribution in [3.63, 3.8) is 0 Å². The molecular weight excluding hydrogens is 210 g/mol. The summed E-state index contributed by atoms with van der Waals surface area (Å²) in [5.41, 5.74) is 0.290. The lowest BCUT2D eigenvalue weighted by Gasteiger charge is -1.98. The van der Waals surface area contributed by atoms with Crippen molar-refractivity contribution < 1.29 is 10.0 Å². The Morgan fingerprint density at radius 3 is 3.00 bits per heavy atom. The number of nitro groups is 1. The third-order valence-electron chi connectivity index (χ3n) is 1.94. The molecule has 6 heteroatoms. The number of aliphatic imine (C=N–C) groups is 1. The summed E-state index contributed by atoms with van der Waals surface area (Å²) in [6, 6.07) is 3.83. The minimum absolute atomic E-state index is 0.0150. The molecule has 1 rings (SSSR count). The van der Waals surface area contributed by atoms with Gasteiger partial charge in [-0.25, -0.2) is 0 Å². The van der Waals surface area contributed by atoms with E-state index in [1.54, 1.807) is 7.05 Å². The van der Waals surface area contributed by atoms with Gasteiger partial charge in [0.1, 0.15) is 5.75 Å². The number of nitrogens with zero attached hydrogens (tertiary/aromatic N) is 2. The third-order valence-corrected chi connectivity index (χ3v) is 1.94. The predicted molar refractivity (Wildman–Crippen MR) is 61.1 cm³/mol. The monoisotopic (exact) mass is 223 g/mol. The van der Waals surface area contributed by atoms with Crippen molar-refractivity contribution in [2.75, 3.05) is 20.1 Å². The fraction of sp³-hybridized carbons (Fsp3) is 0.300. The van der Waals surface area contributed by atoms with Crippen LogP contribution in [0.2, 0.25) is 0 Å². The van der Waals surface area contributed by atoms with Crippen LogP contribution in [0.1, 0.15) is 5.56 Å². The van der Waals surface area contributed by atoms with Crippen LogP contribution in [-0.2, 0) is 0 Å². The van der Waals surface area contributed by atoms with Gasteiger partial charge in [0.15, 0.2) is 0 Å². The van der Waals surface area contributed by atoms with E-state index in [0.717, 1.165) is 0 Å². The molecule has 0 saturated heterocycles. The summed E-state index contributed by atoms with van der Waals surface area (Å²) in [5.74, 6) is -0.0150. The second kappa shape index (κ2) is 5.82. The molecule has 0 radical (unpaired) electrons. The second-order valence-corrected chi connectivity index (χ2v) is 3.14. The molecule has 0 spiro atoms. The Hall–Kier alpha value is -1.95. The first-order valence-electron chi connectivity index (χ1n) is 4.77. The Bertz CT molecular complexity index is 404. The molecule has 0 aromatic heterocycles. The van der Waals surface area contributed by atoms with Crippen molar-refractivity contribution in [3.05, 3.63) is 33.9 Å². The summed E-state index contributed by atoms with van der Waals surface area (Å²) in [4.78, 5) is 14.0. The normalized spacial score (nSPS) is 10.8. The van der Waals surface area contributed by atoms with Crippen LogP contribution in [0, 0.1) is 10.1 Å². The van der Waals surface area contributed by atoms with Crippen LogP contribution in [0.25, 0.3) is 0 Å². The topological polar surface area (TPSA) is 87.8 Å². The number of phenolic OH excluding ortho intramolecular Hbond substituents is 1. The highest BCUT2D eigenvalue weighted by Crippen LogP contribution is 2.21. The van der Waals surface area contributed by atoms with Crippen LogP contribution in [0.4, 0.5) is 5.69 Å². The Kier molecular flexibility index (Phi) is 4.41. The van der Waals surface area contributed by atoms with E-state index in [0.29, 0.717) is 18.7 Å². The fourth-order valence-electron chi connectivity index (χ4n) is 1.10. The largest absolute Gasteiger partial charge is 0.507 e. The molecule has 0 unspecified atom stereocenters. The van der Waals surface area contributed by atoms with Gasteiger partial charge in [0.25, 0.3) is 5.69 Å². The smallest absolute Gasteiger partial charge is 0.270 e. The maximum absolute atomic E-state index is 10.5. The Morgan fingerprint density at radius 1 is 1.62 bits per heavy atom. The quantitative estimate of drug-likeness (QED) is 0.336. The molecule has 0 bridgehead atoms. The summed E-state index contributed by atoms with van der Waals surface area (Å²) >= 11 is 0. The number of non-ortho nitro benzene ring substituents is 1. The summed E-state index contributed by atoms with van der Waals surface area (Å²) in [6.45, 7) is 1.27. The van der Waals surface area contributed by atoms with E-state index in [-0.39, 0.29) is 11.4 Å². The first kappa shape index (κ1) is 12.1. The molecule has 6 nitrogen and oxygen atoms in total. The van der Waals surface area contributed by atoms with E-state index in [9.17, 15) is 15.2 Å². The lowest BCUT2D eigenvalue weighted by molar-refractivity contribution is -0.384. The zero-order valence-electron chi connectivity index (χ0n) is 8.88. The summed E-state index contributed by atoms with van der Waals surface area (Å²) in [5, 5.41) is 22.9. The highest BCUT2D eigenvalue weighted by Gasteiger charge is 2.08. The average molecular weight is 223 g/mol. The van der Waals surface area contributed by atoms with Crippen molar-refractivity contribution >= 4 is 11.9 Å². The molecule has 1 aromatic rings. The third kappa shape index (κ3) is 3.32. The number of hydrogen-bond donors (Lipinski definition) is 2. The predicted octanol–water partition coefficient (Wildman–Crippen LogP) is 0.939. The van der Waals surface area contributed by atoms with Crippen LogP contribution in [0.5, 0.6) is 5.75 Å². The SMILES string of the molecule is CNCCN=Cc1cc([N+](=O)[O-])ccc1O. The van der Waals surface area contributed by atoms with Gasteiger partial charge in [-0.05, 0) is 13.1 Å². The van der Waals surface area contributed by atoms with Crippen LogP contribution in [-0.4, -0.2) is 36.4 Å². The van der Waals surface area contributed by atoms with Gasteiger partial charge < -0.3 is 10.4 Å². The number of benzene rings is 1. The molecule has 0 atom stereocenters. The molecule has 0 heterocycles.